The van der Waals surface area contributed by atoms with Gasteiger partial charge < -0.3 is 14.8 Å². The predicted octanol–water partition coefficient (Wildman–Crippen LogP) is 5.17. The summed E-state index contributed by atoms with van der Waals surface area (Å²) in [5, 5.41) is 5.93. The summed E-state index contributed by atoms with van der Waals surface area (Å²) >= 11 is 5.23. The van der Waals surface area contributed by atoms with Crippen LogP contribution in [0.4, 0.5) is 5.69 Å². The van der Waals surface area contributed by atoms with Gasteiger partial charge >= 0.3 is 0 Å². The topological polar surface area (TPSA) is 59.6 Å². The van der Waals surface area contributed by atoms with Crippen molar-refractivity contribution in [1.82, 2.24) is 5.32 Å². The van der Waals surface area contributed by atoms with Gasteiger partial charge in [-0.25, -0.2) is 0 Å². The van der Waals surface area contributed by atoms with E-state index in [1.165, 1.54) is 0 Å². The molecule has 0 radical (unpaired) electrons. The van der Waals surface area contributed by atoms with Gasteiger partial charge in [-0.05, 0) is 73.6 Å². The van der Waals surface area contributed by atoms with Crippen molar-refractivity contribution in [3.05, 3.63) is 54.1 Å². The molecule has 2 N–H and O–H groups in total. The standard InChI is InChI=1S/C22H28N2O3S/c1-3-5-15-26-19-11-7-17(8-12-19)21(25)24-22(28)23-18-9-13-20(14-10-18)27-16-6-4-2/h7-14H,3-6,15-16H2,1-2H3,(H2,23,24,25,28). The summed E-state index contributed by atoms with van der Waals surface area (Å²) < 4.78 is 11.2. The average Bonchev–Trinajstić information content (AvgIpc) is 2.70. The van der Waals surface area contributed by atoms with Crippen molar-refractivity contribution in [2.75, 3.05) is 18.5 Å². The molecule has 0 spiro atoms. The first-order valence-corrected chi connectivity index (χ1v) is 10.1. The molecule has 2 aromatic rings. The van der Waals surface area contributed by atoms with Crippen LogP contribution in [0.2, 0.25) is 0 Å². The Balaban J connectivity index is 1.81. The molecule has 0 aliphatic rings. The van der Waals surface area contributed by atoms with Crippen LogP contribution in [0.25, 0.3) is 0 Å². The van der Waals surface area contributed by atoms with Gasteiger partial charge in [0.25, 0.3) is 5.91 Å². The van der Waals surface area contributed by atoms with Crippen LogP contribution in [0.3, 0.4) is 0 Å². The van der Waals surface area contributed by atoms with Gasteiger partial charge in [-0.3, -0.25) is 10.1 Å². The number of amides is 1. The molecule has 28 heavy (non-hydrogen) atoms. The Bertz CT molecular complexity index is 745. The van der Waals surface area contributed by atoms with Crippen LogP contribution in [-0.2, 0) is 0 Å². The van der Waals surface area contributed by atoms with E-state index in [1.54, 1.807) is 24.3 Å². The lowest BCUT2D eigenvalue weighted by Gasteiger charge is -2.11. The van der Waals surface area contributed by atoms with Crippen molar-refractivity contribution in [2.45, 2.75) is 39.5 Å². The molecule has 2 rings (SSSR count). The minimum Gasteiger partial charge on any atom is -0.494 e. The zero-order valence-electron chi connectivity index (χ0n) is 16.5. The molecular formula is C22H28N2O3S. The monoisotopic (exact) mass is 400 g/mol. The highest BCUT2D eigenvalue weighted by atomic mass is 32.1. The SMILES string of the molecule is CCCCOc1ccc(NC(=S)NC(=O)c2ccc(OCCCC)cc2)cc1. The molecule has 0 saturated heterocycles. The van der Waals surface area contributed by atoms with Gasteiger partial charge in [0.05, 0.1) is 13.2 Å². The van der Waals surface area contributed by atoms with Crippen molar-refractivity contribution in [2.24, 2.45) is 0 Å². The first-order valence-electron chi connectivity index (χ1n) is 9.70. The summed E-state index contributed by atoms with van der Waals surface area (Å²) in [6, 6.07) is 14.5. The second kappa shape index (κ2) is 12.0. The second-order valence-electron chi connectivity index (χ2n) is 6.36. The van der Waals surface area contributed by atoms with Gasteiger partial charge in [0.1, 0.15) is 11.5 Å². The number of thiocarbonyl (C=S) groups is 1. The molecule has 0 saturated carbocycles. The Labute approximate surface area is 172 Å². The number of unbranched alkanes of at least 4 members (excludes halogenated alkanes) is 2. The molecule has 0 aromatic heterocycles. The largest absolute Gasteiger partial charge is 0.494 e. The van der Waals surface area contributed by atoms with Crippen molar-refractivity contribution < 1.29 is 14.3 Å². The Morgan fingerprint density at radius 1 is 0.857 bits per heavy atom. The number of nitrogens with one attached hydrogen (secondary N) is 2. The van der Waals surface area contributed by atoms with E-state index in [2.05, 4.69) is 24.5 Å². The zero-order chi connectivity index (χ0) is 20.2. The van der Waals surface area contributed by atoms with E-state index in [4.69, 9.17) is 21.7 Å². The highest BCUT2D eigenvalue weighted by Gasteiger charge is 2.08. The van der Waals surface area contributed by atoms with E-state index >= 15 is 0 Å². The number of benzene rings is 2. The fraction of sp³-hybridized carbons (Fsp3) is 0.364. The molecule has 0 atom stereocenters. The van der Waals surface area contributed by atoms with E-state index in [9.17, 15) is 4.79 Å². The van der Waals surface area contributed by atoms with Crippen LogP contribution in [-0.4, -0.2) is 24.2 Å². The minimum atomic E-state index is -0.267. The number of hydrogen-bond donors (Lipinski definition) is 2. The maximum Gasteiger partial charge on any atom is 0.257 e. The Kier molecular flexibility index (Phi) is 9.28. The van der Waals surface area contributed by atoms with Gasteiger partial charge in [-0.1, -0.05) is 26.7 Å². The zero-order valence-corrected chi connectivity index (χ0v) is 17.3. The van der Waals surface area contributed by atoms with Crippen LogP contribution >= 0.6 is 12.2 Å². The third kappa shape index (κ3) is 7.56. The number of ether oxygens (including phenoxy) is 2. The summed E-state index contributed by atoms with van der Waals surface area (Å²) in [6.45, 7) is 5.63. The lowest BCUT2D eigenvalue weighted by molar-refractivity contribution is 0.0977. The highest BCUT2D eigenvalue weighted by molar-refractivity contribution is 7.80. The highest BCUT2D eigenvalue weighted by Crippen LogP contribution is 2.16. The summed E-state index contributed by atoms with van der Waals surface area (Å²) in [4.78, 5) is 12.3. The average molecular weight is 401 g/mol. The predicted molar refractivity (Wildman–Crippen MR) is 117 cm³/mol. The number of hydrogen-bond acceptors (Lipinski definition) is 4. The van der Waals surface area contributed by atoms with E-state index in [0.29, 0.717) is 18.8 Å². The van der Waals surface area contributed by atoms with Crippen LogP contribution in [0.15, 0.2) is 48.5 Å². The van der Waals surface area contributed by atoms with E-state index in [-0.39, 0.29) is 11.0 Å². The first kappa shape index (κ1) is 21.7. The summed E-state index contributed by atoms with van der Waals surface area (Å²) in [5.41, 5.74) is 1.31. The van der Waals surface area contributed by atoms with Gasteiger partial charge in [0.2, 0.25) is 0 Å². The Morgan fingerprint density at radius 3 is 1.86 bits per heavy atom. The van der Waals surface area contributed by atoms with Crippen LogP contribution in [0, 0.1) is 0 Å². The first-order chi connectivity index (χ1) is 13.6. The molecule has 6 heteroatoms. The van der Waals surface area contributed by atoms with Gasteiger partial charge in [-0.15, -0.1) is 0 Å². The third-order valence-corrected chi connectivity index (χ3v) is 4.19. The fourth-order valence-electron chi connectivity index (χ4n) is 2.34. The molecule has 0 heterocycles. The van der Waals surface area contributed by atoms with Gasteiger partial charge in [0, 0.05) is 11.3 Å². The van der Waals surface area contributed by atoms with E-state index in [0.717, 1.165) is 42.9 Å². The van der Waals surface area contributed by atoms with Crippen molar-refractivity contribution in [1.29, 1.82) is 0 Å². The maximum absolute atomic E-state index is 12.3. The maximum atomic E-state index is 12.3. The molecule has 150 valence electrons. The van der Waals surface area contributed by atoms with Crippen molar-refractivity contribution in [3.63, 3.8) is 0 Å². The van der Waals surface area contributed by atoms with Crippen LogP contribution in [0.1, 0.15) is 49.9 Å². The fourth-order valence-corrected chi connectivity index (χ4v) is 2.55. The molecule has 0 fully saturated rings. The molecule has 0 aliphatic heterocycles. The van der Waals surface area contributed by atoms with E-state index in [1.807, 2.05) is 24.3 Å². The molecular weight excluding hydrogens is 372 g/mol. The van der Waals surface area contributed by atoms with Crippen molar-refractivity contribution >= 4 is 28.9 Å². The molecule has 2 aromatic carbocycles. The van der Waals surface area contributed by atoms with Crippen LogP contribution in [0.5, 0.6) is 11.5 Å². The Hall–Kier alpha value is -2.60. The second-order valence-corrected chi connectivity index (χ2v) is 6.77. The van der Waals surface area contributed by atoms with Crippen molar-refractivity contribution in [3.8, 4) is 11.5 Å². The normalized spacial score (nSPS) is 10.2. The number of anilines is 1. The number of rotatable bonds is 10. The molecule has 0 unspecified atom stereocenters. The number of carbonyl (C=O) groups is 1. The molecule has 1 amide bonds. The summed E-state index contributed by atoms with van der Waals surface area (Å²) in [7, 11) is 0. The van der Waals surface area contributed by atoms with Gasteiger partial charge in [-0.2, -0.15) is 0 Å². The lowest BCUT2D eigenvalue weighted by atomic mass is 10.2. The Morgan fingerprint density at radius 2 is 1.36 bits per heavy atom. The van der Waals surface area contributed by atoms with Gasteiger partial charge in [0.15, 0.2) is 5.11 Å². The third-order valence-electron chi connectivity index (χ3n) is 3.99. The quantitative estimate of drug-likeness (QED) is 0.425. The molecule has 5 nitrogen and oxygen atoms in total. The van der Waals surface area contributed by atoms with Crippen LogP contribution < -0.4 is 20.1 Å². The summed E-state index contributed by atoms with van der Waals surface area (Å²) in [5.74, 6) is 1.30. The molecule has 0 bridgehead atoms. The minimum absolute atomic E-state index is 0.243. The molecule has 0 aliphatic carbocycles. The van der Waals surface area contributed by atoms with E-state index < -0.39 is 0 Å². The lowest BCUT2D eigenvalue weighted by Crippen LogP contribution is -2.34. The smallest absolute Gasteiger partial charge is 0.257 e. The number of carbonyl (C=O) groups excluding carboxylic acids is 1. The summed E-state index contributed by atoms with van der Waals surface area (Å²) in [6.07, 6.45) is 4.22.